The normalized spacial score (nSPS) is 30.6. The summed E-state index contributed by atoms with van der Waals surface area (Å²) in [4.78, 5) is 15.6. The first-order valence-corrected chi connectivity index (χ1v) is 18.3. The molecule has 0 aliphatic heterocycles. The second-order valence-corrected chi connectivity index (χ2v) is 15.1. The molecule has 0 radical (unpaired) electrons. The summed E-state index contributed by atoms with van der Waals surface area (Å²) < 4.78 is 0. The average molecular weight is 567 g/mol. The fraction of sp³-hybridized carbons (Fsp3) is 0.683. The Balaban J connectivity index is 1.59. The summed E-state index contributed by atoms with van der Waals surface area (Å²) in [6.07, 6.45) is 27.0. The molecule has 4 saturated carbocycles. The van der Waals surface area contributed by atoms with E-state index >= 15 is 4.79 Å². The molecule has 1 atom stereocenters. The molecule has 0 saturated heterocycles. The highest BCUT2D eigenvalue weighted by molar-refractivity contribution is 5.95. The van der Waals surface area contributed by atoms with E-state index in [1.165, 1.54) is 114 Å². The van der Waals surface area contributed by atoms with Gasteiger partial charge in [-0.3, -0.25) is 4.79 Å². The third-order valence-corrected chi connectivity index (χ3v) is 12.3. The highest BCUT2D eigenvalue weighted by Crippen LogP contribution is 2.66. The molecule has 1 aromatic carbocycles. The summed E-state index contributed by atoms with van der Waals surface area (Å²) in [7, 11) is 0. The van der Waals surface area contributed by atoms with Crippen molar-refractivity contribution in [1.29, 1.82) is 0 Å². The van der Waals surface area contributed by atoms with Crippen molar-refractivity contribution in [2.75, 3.05) is 0 Å². The minimum Gasteiger partial charge on any atom is -0.298 e. The predicted molar refractivity (Wildman–Crippen MR) is 178 cm³/mol. The van der Waals surface area contributed by atoms with Crippen LogP contribution in [0.1, 0.15) is 154 Å². The maximum absolute atomic E-state index is 15.6. The maximum Gasteiger partial charge on any atom is 0.147 e. The number of carbonyl (C=O) groups excluding carboxylic acids is 1. The number of hydrogen-bond acceptors (Lipinski definition) is 1. The van der Waals surface area contributed by atoms with Crippen molar-refractivity contribution in [3.05, 3.63) is 63.8 Å². The lowest BCUT2D eigenvalue weighted by atomic mass is 9.45. The van der Waals surface area contributed by atoms with E-state index in [2.05, 4.69) is 64.1 Å². The lowest BCUT2D eigenvalue weighted by Gasteiger charge is -2.58. The number of unbranched alkanes of at least 4 members (excludes halogenated alkanes) is 4. The predicted octanol–water partition coefficient (Wildman–Crippen LogP) is 11.7. The third kappa shape index (κ3) is 4.94. The first kappa shape index (κ1) is 30.1. The molecule has 0 aromatic heterocycles. The van der Waals surface area contributed by atoms with E-state index in [0.717, 1.165) is 30.6 Å². The molecule has 1 heteroatoms. The number of allylic oxidation sites excluding steroid dienone is 5. The van der Waals surface area contributed by atoms with Gasteiger partial charge < -0.3 is 0 Å². The van der Waals surface area contributed by atoms with Crippen molar-refractivity contribution >= 4 is 11.9 Å². The van der Waals surface area contributed by atoms with E-state index in [1.807, 2.05) is 0 Å². The van der Waals surface area contributed by atoms with Crippen LogP contribution in [0.25, 0.3) is 6.08 Å². The smallest absolute Gasteiger partial charge is 0.147 e. The Kier molecular flexibility index (Phi) is 9.05. The summed E-state index contributed by atoms with van der Waals surface area (Å²) in [5.74, 6) is 2.99. The summed E-state index contributed by atoms with van der Waals surface area (Å²) in [5.41, 5.74) is 9.23. The molecular weight excluding hydrogens is 508 g/mol. The zero-order valence-electron chi connectivity index (χ0n) is 27.4. The van der Waals surface area contributed by atoms with Crippen molar-refractivity contribution < 1.29 is 4.79 Å². The fourth-order valence-corrected chi connectivity index (χ4v) is 11.0. The second-order valence-electron chi connectivity index (χ2n) is 15.1. The van der Waals surface area contributed by atoms with E-state index in [4.69, 9.17) is 0 Å². The van der Waals surface area contributed by atoms with E-state index in [1.54, 1.807) is 22.3 Å². The van der Waals surface area contributed by atoms with Gasteiger partial charge in [0, 0.05) is 5.41 Å². The Bertz CT molecular complexity index is 1170. The minimum absolute atomic E-state index is 0.0434. The second kappa shape index (κ2) is 12.6. The van der Waals surface area contributed by atoms with Crippen molar-refractivity contribution in [2.24, 2.45) is 29.1 Å². The standard InChI is InChI=1S/C41H58O/c1-5-9-16-33-34(17-10-6-2)37(19-12-8-4)41(36(33)18-11-7-3)35-20-14-13-15-32(35)21-22-38(41)39(42)40-26-29-23-30(27-40)25-31(24-29)28-40/h13-15,20-22,29-31,38H,5-12,16-19,23-28H2,1-4H3. The Hall–Kier alpha value is -1.89. The van der Waals surface area contributed by atoms with Crippen LogP contribution in [0.5, 0.6) is 0 Å². The number of fused-ring (bicyclic) bond motifs is 2. The monoisotopic (exact) mass is 566 g/mol. The molecule has 7 rings (SSSR count). The number of rotatable bonds is 14. The van der Waals surface area contributed by atoms with Gasteiger partial charge >= 0.3 is 0 Å². The zero-order chi connectivity index (χ0) is 29.3. The number of hydrogen-bond donors (Lipinski definition) is 0. The number of benzene rings is 1. The van der Waals surface area contributed by atoms with Gasteiger partial charge in [-0.2, -0.15) is 0 Å². The van der Waals surface area contributed by atoms with Crippen molar-refractivity contribution in [3.8, 4) is 0 Å². The highest BCUT2D eigenvalue weighted by atomic mass is 16.1. The molecule has 228 valence electrons. The molecule has 0 heterocycles. The van der Waals surface area contributed by atoms with Crippen LogP contribution in [0.2, 0.25) is 0 Å². The summed E-state index contributed by atoms with van der Waals surface area (Å²) >= 11 is 0. The average Bonchev–Trinajstić information content (AvgIpc) is 3.24. The van der Waals surface area contributed by atoms with Gasteiger partial charge in [0.2, 0.25) is 0 Å². The molecule has 0 amide bonds. The molecule has 42 heavy (non-hydrogen) atoms. The van der Waals surface area contributed by atoms with Gasteiger partial charge in [-0.05, 0) is 130 Å². The van der Waals surface area contributed by atoms with Crippen molar-refractivity contribution in [1.82, 2.24) is 0 Å². The number of carbonyl (C=O) groups is 1. The first-order chi connectivity index (χ1) is 20.5. The van der Waals surface area contributed by atoms with Gasteiger partial charge in [0.25, 0.3) is 0 Å². The molecule has 1 unspecified atom stereocenters. The highest BCUT2D eigenvalue weighted by Gasteiger charge is 2.61. The SMILES string of the molecule is CCCCC1=C(CCCC)C2(C(CCCC)=C1CCCC)c1ccccc1C=CC2C(=O)C12CC3CC(CC(C3)C1)C2. The van der Waals surface area contributed by atoms with Crippen molar-refractivity contribution in [3.63, 3.8) is 0 Å². The fourth-order valence-electron chi connectivity index (χ4n) is 11.0. The maximum atomic E-state index is 15.6. The van der Waals surface area contributed by atoms with Gasteiger partial charge in [0.15, 0.2) is 0 Å². The largest absolute Gasteiger partial charge is 0.298 e. The topological polar surface area (TPSA) is 17.1 Å². The Morgan fingerprint density at radius 2 is 1.17 bits per heavy atom. The quantitative estimate of drug-likeness (QED) is 0.219. The zero-order valence-corrected chi connectivity index (χ0v) is 27.4. The van der Waals surface area contributed by atoms with Crippen LogP contribution in [0.15, 0.2) is 52.6 Å². The van der Waals surface area contributed by atoms with Crippen LogP contribution in [0.3, 0.4) is 0 Å². The van der Waals surface area contributed by atoms with Crippen molar-refractivity contribution in [2.45, 2.75) is 149 Å². The van der Waals surface area contributed by atoms with E-state index in [9.17, 15) is 0 Å². The van der Waals surface area contributed by atoms with Gasteiger partial charge in [-0.25, -0.2) is 0 Å². The molecule has 1 spiro atoms. The van der Waals surface area contributed by atoms with Crippen LogP contribution in [-0.4, -0.2) is 5.78 Å². The van der Waals surface area contributed by atoms with Crippen LogP contribution in [0, 0.1) is 29.1 Å². The first-order valence-electron chi connectivity index (χ1n) is 18.3. The lowest BCUT2D eigenvalue weighted by Crippen LogP contribution is -2.55. The number of ketones is 1. The van der Waals surface area contributed by atoms with Crippen LogP contribution >= 0.6 is 0 Å². The van der Waals surface area contributed by atoms with Crippen LogP contribution in [0.4, 0.5) is 0 Å². The van der Waals surface area contributed by atoms with Crippen LogP contribution in [-0.2, 0) is 10.2 Å². The van der Waals surface area contributed by atoms with Crippen LogP contribution < -0.4 is 0 Å². The molecule has 4 fully saturated rings. The van der Waals surface area contributed by atoms with Gasteiger partial charge in [0.1, 0.15) is 5.78 Å². The lowest BCUT2D eigenvalue weighted by molar-refractivity contribution is -0.148. The minimum atomic E-state index is -0.262. The molecule has 6 aliphatic carbocycles. The van der Waals surface area contributed by atoms with Gasteiger partial charge in [-0.1, -0.05) is 101 Å². The molecule has 1 aromatic rings. The van der Waals surface area contributed by atoms with Gasteiger partial charge in [0.05, 0.1) is 11.3 Å². The molecular formula is C41H58O. The molecule has 1 nitrogen and oxygen atoms in total. The van der Waals surface area contributed by atoms with Gasteiger partial charge in [-0.15, -0.1) is 0 Å². The number of Topliss-reactive ketones (excluding diaryl/α,β-unsaturated/α-hetero) is 1. The van der Waals surface area contributed by atoms with E-state index in [0.29, 0.717) is 5.78 Å². The Labute approximate surface area is 257 Å². The molecule has 4 bridgehead atoms. The van der Waals surface area contributed by atoms with E-state index in [-0.39, 0.29) is 16.7 Å². The summed E-state index contributed by atoms with van der Waals surface area (Å²) in [6, 6.07) is 9.27. The summed E-state index contributed by atoms with van der Waals surface area (Å²) in [6.45, 7) is 9.40. The molecule has 6 aliphatic rings. The third-order valence-electron chi connectivity index (χ3n) is 12.3. The Morgan fingerprint density at radius 3 is 1.67 bits per heavy atom. The Morgan fingerprint density at radius 1 is 0.690 bits per heavy atom. The molecule has 0 N–H and O–H groups in total. The summed E-state index contributed by atoms with van der Waals surface area (Å²) in [5, 5.41) is 0. The van der Waals surface area contributed by atoms with E-state index < -0.39 is 0 Å².